The molecule has 3 N–H and O–H groups in total. The van der Waals surface area contributed by atoms with E-state index in [1.165, 1.54) is 24.3 Å². The molecule has 5 nitrogen and oxygen atoms in total. The van der Waals surface area contributed by atoms with E-state index >= 15 is 0 Å². The van der Waals surface area contributed by atoms with Crippen molar-refractivity contribution in [2.45, 2.75) is 25.8 Å². The van der Waals surface area contributed by atoms with Gasteiger partial charge in [-0.25, -0.2) is 9.18 Å². The molecule has 3 amide bonds. The van der Waals surface area contributed by atoms with Gasteiger partial charge in [-0.15, -0.1) is 0 Å². The average Bonchev–Trinajstić information content (AvgIpc) is 2.41. The van der Waals surface area contributed by atoms with Crippen molar-refractivity contribution in [3.05, 3.63) is 30.1 Å². The number of hydrogen-bond acceptors (Lipinski definition) is 2. The first-order valence-corrected chi connectivity index (χ1v) is 6.60. The summed E-state index contributed by atoms with van der Waals surface area (Å²) in [6.07, 6.45) is 1.45. The molecule has 108 valence electrons. The summed E-state index contributed by atoms with van der Waals surface area (Å²) in [5.74, 6) is -1.04. The Labute approximate surface area is 116 Å². The van der Waals surface area contributed by atoms with Gasteiger partial charge in [0.25, 0.3) is 0 Å². The molecule has 2 atom stereocenters. The molecule has 0 unspecified atom stereocenters. The van der Waals surface area contributed by atoms with Crippen LogP contribution in [-0.4, -0.2) is 29.4 Å². The lowest BCUT2D eigenvalue weighted by atomic mass is 9.93. The minimum absolute atomic E-state index is 0.0473. The minimum atomic E-state index is -0.378. The Balaban J connectivity index is 2.03. The molecular weight excluding hydrogens is 261 g/mol. The first-order chi connectivity index (χ1) is 9.47. The number of hydrogen-bond donors (Lipinski definition) is 2. The van der Waals surface area contributed by atoms with Gasteiger partial charge in [0, 0.05) is 18.3 Å². The van der Waals surface area contributed by atoms with Crippen molar-refractivity contribution in [3.8, 4) is 0 Å². The smallest absolute Gasteiger partial charge is 0.322 e. The van der Waals surface area contributed by atoms with Crippen molar-refractivity contribution in [3.63, 3.8) is 0 Å². The lowest BCUT2D eigenvalue weighted by molar-refractivity contribution is -0.123. The van der Waals surface area contributed by atoms with Crippen LogP contribution in [0.25, 0.3) is 0 Å². The van der Waals surface area contributed by atoms with Crippen molar-refractivity contribution in [1.82, 2.24) is 4.90 Å². The maximum absolute atomic E-state index is 12.8. The predicted octanol–water partition coefficient (Wildman–Crippen LogP) is 1.94. The highest BCUT2D eigenvalue weighted by atomic mass is 19.1. The Morgan fingerprint density at radius 1 is 1.30 bits per heavy atom. The highest BCUT2D eigenvalue weighted by Gasteiger charge is 2.31. The highest BCUT2D eigenvalue weighted by Crippen LogP contribution is 2.22. The van der Waals surface area contributed by atoms with Gasteiger partial charge in [0.2, 0.25) is 5.91 Å². The van der Waals surface area contributed by atoms with Crippen LogP contribution < -0.4 is 11.1 Å². The largest absolute Gasteiger partial charge is 0.369 e. The standard InChI is InChI=1S/C14H18FN3O2/c1-9-2-3-10(13(16)19)8-18(9)14(20)17-12-6-4-11(15)5-7-12/h4-7,9-10H,2-3,8H2,1H3,(H2,16,19)(H,17,20)/t9-,10-/m0/s1. The van der Waals surface area contributed by atoms with E-state index in [-0.39, 0.29) is 29.7 Å². The molecule has 1 saturated heterocycles. The summed E-state index contributed by atoms with van der Waals surface area (Å²) in [5, 5.41) is 2.70. The predicted molar refractivity (Wildman–Crippen MR) is 73.5 cm³/mol. The van der Waals surface area contributed by atoms with Crippen LogP contribution in [-0.2, 0) is 4.79 Å². The lowest BCUT2D eigenvalue weighted by Crippen LogP contribution is -2.50. The lowest BCUT2D eigenvalue weighted by Gasteiger charge is -2.36. The van der Waals surface area contributed by atoms with Gasteiger partial charge in [-0.1, -0.05) is 0 Å². The number of carbonyl (C=O) groups excluding carboxylic acids is 2. The van der Waals surface area contributed by atoms with E-state index < -0.39 is 0 Å². The Bertz CT molecular complexity index is 504. The molecule has 1 heterocycles. The molecule has 2 rings (SSSR count). The summed E-state index contributed by atoms with van der Waals surface area (Å²) in [4.78, 5) is 25.0. The fraction of sp³-hybridized carbons (Fsp3) is 0.429. The summed E-state index contributed by atoms with van der Waals surface area (Å²) in [7, 11) is 0. The summed E-state index contributed by atoms with van der Waals surface area (Å²) in [6, 6.07) is 5.30. The number of urea groups is 1. The molecule has 0 radical (unpaired) electrons. The van der Waals surface area contributed by atoms with E-state index in [2.05, 4.69) is 5.32 Å². The summed E-state index contributed by atoms with van der Waals surface area (Å²) in [5.41, 5.74) is 5.82. The Kier molecular flexibility index (Phi) is 4.22. The van der Waals surface area contributed by atoms with Crippen LogP contribution in [0.3, 0.4) is 0 Å². The molecule has 1 fully saturated rings. The first-order valence-electron chi connectivity index (χ1n) is 6.60. The zero-order valence-electron chi connectivity index (χ0n) is 11.3. The van der Waals surface area contributed by atoms with Crippen LogP contribution in [0.2, 0.25) is 0 Å². The molecule has 6 heteroatoms. The van der Waals surface area contributed by atoms with Gasteiger partial charge in [-0.2, -0.15) is 0 Å². The Morgan fingerprint density at radius 3 is 2.55 bits per heavy atom. The third-order valence-electron chi connectivity index (χ3n) is 3.64. The van der Waals surface area contributed by atoms with Crippen LogP contribution in [0.4, 0.5) is 14.9 Å². The SMILES string of the molecule is C[C@H]1CC[C@H](C(N)=O)CN1C(=O)Nc1ccc(F)cc1. The molecule has 1 aliphatic rings. The highest BCUT2D eigenvalue weighted by molar-refractivity contribution is 5.90. The van der Waals surface area contributed by atoms with E-state index in [1.54, 1.807) is 4.90 Å². The van der Waals surface area contributed by atoms with E-state index in [4.69, 9.17) is 5.73 Å². The normalized spacial score (nSPS) is 22.4. The topological polar surface area (TPSA) is 75.4 Å². The van der Waals surface area contributed by atoms with Gasteiger partial charge >= 0.3 is 6.03 Å². The van der Waals surface area contributed by atoms with Crippen LogP contribution in [0.15, 0.2) is 24.3 Å². The number of nitrogens with one attached hydrogen (secondary N) is 1. The maximum atomic E-state index is 12.8. The first kappa shape index (κ1) is 14.3. The number of primary amides is 1. The number of carbonyl (C=O) groups is 2. The Morgan fingerprint density at radius 2 is 1.95 bits per heavy atom. The van der Waals surface area contributed by atoms with E-state index in [9.17, 15) is 14.0 Å². The second-order valence-electron chi connectivity index (χ2n) is 5.12. The molecule has 20 heavy (non-hydrogen) atoms. The second-order valence-corrected chi connectivity index (χ2v) is 5.12. The second kappa shape index (κ2) is 5.90. The molecule has 0 aliphatic carbocycles. The number of benzene rings is 1. The molecular formula is C14H18FN3O2. The molecule has 0 aromatic heterocycles. The molecule has 0 bridgehead atoms. The third-order valence-corrected chi connectivity index (χ3v) is 3.64. The zero-order chi connectivity index (χ0) is 14.7. The van der Waals surface area contributed by atoms with Crippen molar-refractivity contribution >= 4 is 17.6 Å². The number of anilines is 1. The Hall–Kier alpha value is -2.11. The summed E-state index contributed by atoms with van der Waals surface area (Å²) < 4.78 is 12.8. The van der Waals surface area contributed by atoms with E-state index in [0.717, 1.165) is 6.42 Å². The minimum Gasteiger partial charge on any atom is -0.369 e. The van der Waals surface area contributed by atoms with Crippen molar-refractivity contribution in [2.75, 3.05) is 11.9 Å². The fourth-order valence-electron chi connectivity index (χ4n) is 2.35. The molecule has 0 spiro atoms. The molecule has 1 aliphatic heterocycles. The number of nitrogens with zero attached hydrogens (tertiary/aromatic N) is 1. The average molecular weight is 279 g/mol. The summed E-state index contributed by atoms with van der Waals surface area (Å²) >= 11 is 0. The van der Waals surface area contributed by atoms with Crippen molar-refractivity contribution in [2.24, 2.45) is 11.7 Å². The van der Waals surface area contributed by atoms with E-state index in [0.29, 0.717) is 18.7 Å². The maximum Gasteiger partial charge on any atom is 0.322 e. The summed E-state index contributed by atoms with van der Waals surface area (Å²) in [6.45, 7) is 2.25. The fourth-order valence-corrected chi connectivity index (χ4v) is 2.35. The number of nitrogens with two attached hydrogens (primary N) is 1. The number of piperidine rings is 1. The van der Waals surface area contributed by atoms with Gasteiger partial charge < -0.3 is 16.0 Å². The van der Waals surface area contributed by atoms with Gasteiger partial charge in [-0.05, 0) is 44.0 Å². The monoisotopic (exact) mass is 279 g/mol. The number of likely N-dealkylation sites (tertiary alicyclic amines) is 1. The molecule has 1 aromatic rings. The van der Waals surface area contributed by atoms with Gasteiger partial charge in [0.05, 0.1) is 5.92 Å². The van der Waals surface area contributed by atoms with Crippen LogP contribution in [0.5, 0.6) is 0 Å². The van der Waals surface area contributed by atoms with Crippen LogP contribution in [0, 0.1) is 11.7 Å². The zero-order valence-corrected chi connectivity index (χ0v) is 11.3. The number of halogens is 1. The van der Waals surface area contributed by atoms with Gasteiger partial charge in [-0.3, -0.25) is 4.79 Å². The number of amides is 3. The number of rotatable bonds is 2. The van der Waals surface area contributed by atoms with Crippen molar-refractivity contribution in [1.29, 1.82) is 0 Å². The van der Waals surface area contributed by atoms with E-state index in [1.807, 2.05) is 6.92 Å². The quantitative estimate of drug-likeness (QED) is 0.868. The molecule has 1 aromatic carbocycles. The van der Waals surface area contributed by atoms with Crippen molar-refractivity contribution < 1.29 is 14.0 Å². The van der Waals surface area contributed by atoms with Crippen LogP contribution in [0.1, 0.15) is 19.8 Å². The van der Waals surface area contributed by atoms with Gasteiger partial charge in [0.15, 0.2) is 0 Å². The third kappa shape index (κ3) is 3.26. The van der Waals surface area contributed by atoms with Crippen LogP contribution >= 0.6 is 0 Å². The molecule has 0 saturated carbocycles. The van der Waals surface area contributed by atoms with Gasteiger partial charge in [0.1, 0.15) is 5.82 Å².